The second-order valence-corrected chi connectivity index (χ2v) is 6.76. The number of nitrogens with one attached hydrogen (secondary N) is 2. The lowest BCUT2D eigenvalue weighted by atomic mass is 10.0. The van der Waals surface area contributed by atoms with Crippen LogP contribution in [0.5, 0.6) is 11.5 Å². The molecule has 0 saturated heterocycles. The predicted octanol–water partition coefficient (Wildman–Crippen LogP) is 2.67. The molecule has 0 saturated carbocycles. The van der Waals surface area contributed by atoms with Crippen LogP contribution in [-0.4, -0.2) is 30.8 Å². The van der Waals surface area contributed by atoms with Crippen molar-refractivity contribution in [2.24, 2.45) is 0 Å². The topological polar surface area (TPSA) is 93.7 Å². The van der Waals surface area contributed by atoms with Crippen molar-refractivity contribution < 1.29 is 23.9 Å². The van der Waals surface area contributed by atoms with Crippen LogP contribution in [0, 0.1) is 13.8 Å². The van der Waals surface area contributed by atoms with Crippen molar-refractivity contribution in [3.63, 3.8) is 0 Å². The van der Waals surface area contributed by atoms with E-state index in [0.29, 0.717) is 22.6 Å². The van der Waals surface area contributed by atoms with E-state index < -0.39 is 17.9 Å². The molecule has 7 nitrogen and oxygen atoms in total. The van der Waals surface area contributed by atoms with Crippen LogP contribution >= 0.6 is 0 Å². The van der Waals surface area contributed by atoms with Crippen molar-refractivity contribution in [3.8, 4) is 11.5 Å². The van der Waals surface area contributed by atoms with Crippen molar-refractivity contribution >= 4 is 17.6 Å². The first-order valence-corrected chi connectivity index (χ1v) is 9.22. The molecule has 0 aliphatic carbocycles. The summed E-state index contributed by atoms with van der Waals surface area (Å²) >= 11 is 0. The lowest BCUT2D eigenvalue weighted by Crippen LogP contribution is -2.47. The Balaban J connectivity index is 1.95. The summed E-state index contributed by atoms with van der Waals surface area (Å²) in [4.78, 5) is 36.0. The molecule has 2 rings (SSSR count). The van der Waals surface area contributed by atoms with Crippen molar-refractivity contribution in [2.45, 2.75) is 40.2 Å². The molecular weight excluding hydrogens is 372 g/mol. The van der Waals surface area contributed by atoms with Crippen LogP contribution < -0.4 is 20.3 Å². The van der Waals surface area contributed by atoms with Gasteiger partial charge in [0.15, 0.2) is 11.9 Å². The number of methoxy groups -OCH3 is 1. The van der Waals surface area contributed by atoms with Crippen molar-refractivity contribution in [1.82, 2.24) is 10.9 Å². The summed E-state index contributed by atoms with van der Waals surface area (Å²) in [6, 6.07) is 10.5. The minimum Gasteiger partial charge on any atom is -0.496 e. The highest BCUT2D eigenvalue weighted by molar-refractivity contribution is 5.95. The van der Waals surface area contributed by atoms with E-state index in [9.17, 15) is 14.4 Å². The summed E-state index contributed by atoms with van der Waals surface area (Å²) in [5.74, 6) is 0.0629. The van der Waals surface area contributed by atoms with Gasteiger partial charge in [0, 0.05) is 11.1 Å². The van der Waals surface area contributed by atoms with E-state index in [1.807, 2.05) is 26.0 Å². The lowest BCUT2D eigenvalue weighted by molar-refractivity contribution is -0.132. The molecule has 0 aliphatic heterocycles. The highest BCUT2D eigenvalue weighted by atomic mass is 16.5. The normalized spacial score (nSPS) is 11.3. The Labute approximate surface area is 170 Å². The number of hydrogen-bond acceptors (Lipinski definition) is 5. The zero-order valence-corrected chi connectivity index (χ0v) is 17.3. The van der Waals surface area contributed by atoms with E-state index in [2.05, 4.69) is 10.9 Å². The van der Waals surface area contributed by atoms with Gasteiger partial charge in [0.1, 0.15) is 11.5 Å². The molecule has 0 radical (unpaired) electrons. The number of ketones is 1. The number of aryl methyl sites for hydroxylation is 1. The highest BCUT2D eigenvalue weighted by Gasteiger charge is 2.17. The van der Waals surface area contributed by atoms with E-state index in [0.717, 1.165) is 11.1 Å². The van der Waals surface area contributed by atoms with Crippen molar-refractivity contribution in [2.75, 3.05) is 7.11 Å². The van der Waals surface area contributed by atoms with Gasteiger partial charge in [0.25, 0.3) is 5.91 Å². The molecule has 29 heavy (non-hydrogen) atoms. The molecule has 0 aromatic heterocycles. The number of carbonyl (C=O) groups is 3. The number of Topliss-reactive ketones (excluding diaryl/α,β-unsaturated/α-hetero) is 1. The Bertz CT molecular complexity index is 923. The fraction of sp³-hybridized carbons (Fsp3) is 0.318. The number of rotatable bonds is 7. The number of hydrogen-bond donors (Lipinski definition) is 2. The maximum Gasteiger partial charge on any atom is 0.279 e. The molecule has 0 heterocycles. The van der Waals surface area contributed by atoms with Crippen LogP contribution in [0.15, 0.2) is 36.4 Å². The van der Waals surface area contributed by atoms with Crippen LogP contribution in [0.3, 0.4) is 0 Å². The van der Waals surface area contributed by atoms with Gasteiger partial charge in [-0.15, -0.1) is 0 Å². The molecule has 2 aromatic carbocycles. The lowest BCUT2D eigenvalue weighted by Gasteiger charge is -2.17. The van der Waals surface area contributed by atoms with Gasteiger partial charge in [-0.3, -0.25) is 25.2 Å². The summed E-state index contributed by atoms with van der Waals surface area (Å²) in [5.41, 5.74) is 7.77. The standard InChI is InChI=1S/C22H26N2O5/c1-13-7-6-8-19(14(13)2)29-16(4)22(27)24-23-21(26)12-18-11-17(15(3)25)9-10-20(18)28-5/h6-11,16H,12H2,1-5H3,(H,23,26)(H,24,27)/t16-/m0/s1. The van der Waals surface area contributed by atoms with Gasteiger partial charge >= 0.3 is 0 Å². The second kappa shape index (κ2) is 9.73. The van der Waals surface area contributed by atoms with E-state index >= 15 is 0 Å². The second-order valence-electron chi connectivity index (χ2n) is 6.76. The molecule has 0 bridgehead atoms. The Kier molecular flexibility index (Phi) is 7.36. The summed E-state index contributed by atoms with van der Waals surface area (Å²) in [7, 11) is 1.48. The van der Waals surface area contributed by atoms with Gasteiger partial charge in [-0.1, -0.05) is 12.1 Å². The number of carbonyl (C=O) groups excluding carboxylic acids is 3. The number of ether oxygens (including phenoxy) is 2. The predicted molar refractivity (Wildman–Crippen MR) is 109 cm³/mol. The Morgan fingerprint density at radius 3 is 2.41 bits per heavy atom. The van der Waals surface area contributed by atoms with E-state index in [4.69, 9.17) is 9.47 Å². The summed E-state index contributed by atoms with van der Waals surface area (Å²) in [5, 5.41) is 0. The SMILES string of the molecule is COc1ccc(C(C)=O)cc1CC(=O)NNC(=O)[C@H](C)Oc1cccc(C)c1C. The number of benzene rings is 2. The third-order valence-electron chi connectivity index (χ3n) is 4.59. The molecule has 0 fully saturated rings. The third-order valence-corrected chi connectivity index (χ3v) is 4.59. The van der Waals surface area contributed by atoms with Gasteiger partial charge < -0.3 is 9.47 Å². The molecule has 0 unspecified atom stereocenters. The van der Waals surface area contributed by atoms with Gasteiger partial charge in [0.2, 0.25) is 5.91 Å². The Morgan fingerprint density at radius 2 is 1.76 bits per heavy atom. The maximum atomic E-state index is 12.2. The number of amides is 2. The fourth-order valence-corrected chi connectivity index (χ4v) is 2.68. The first kappa shape index (κ1) is 21.9. The zero-order chi connectivity index (χ0) is 21.6. The summed E-state index contributed by atoms with van der Waals surface area (Å²) in [6.45, 7) is 6.92. The summed E-state index contributed by atoms with van der Waals surface area (Å²) < 4.78 is 10.9. The van der Waals surface area contributed by atoms with Gasteiger partial charge in [-0.25, -0.2) is 0 Å². The number of hydrazine groups is 1. The largest absolute Gasteiger partial charge is 0.496 e. The first-order valence-electron chi connectivity index (χ1n) is 9.22. The van der Waals surface area contributed by atoms with Crippen LogP contribution in [0.1, 0.15) is 40.9 Å². The van der Waals surface area contributed by atoms with Crippen LogP contribution in [-0.2, 0) is 16.0 Å². The van der Waals surface area contributed by atoms with Crippen LogP contribution in [0.2, 0.25) is 0 Å². The minimum absolute atomic E-state index is 0.0587. The smallest absolute Gasteiger partial charge is 0.279 e. The van der Waals surface area contributed by atoms with E-state index in [1.165, 1.54) is 14.0 Å². The van der Waals surface area contributed by atoms with E-state index in [1.54, 1.807) is 31.2 Å². The van der Waals surface area contributed by atoms with E-state index in [-0.39, 0.29) is 12.2 Å². The van der Waals surface area contributed by atoms with Crippen LogP contribution in [0.25, 0.3) is 0 Å². The highest BCUT2D eigenvalue weighted by Crippen LogP contribution is 2.22. The minimum atomic E-state index is -0.800. The quantitative estimate of drug-likeness (QED) is 0.552. The van der Waals surface area contributed by atoms with Gasteiger partial charge in [-0.2, -0.15) is 0 Å². The Hall–Kier alpha value is -3.35. The first-order chi connectivity index (χ1) is 13.7. The van der Waals surface area contributed by atoms with Crippen molar-refractivity contribution in [1.29, 1.82) is 0 Å². The molecule has 7 heteroatoms. The third kappa shape index (κ3) is 5.81. The molecule has 0 aliphatic rings. The molecule has 0 spiro atoms. The van der Waals surface area contributed by atoms with Crippen LogP contribution in [0.4, 0.5) is 0 Å². The van der Waals surface area contributed by atoms with Gasteiger partial charge in [-0.05, 0) is 63.1 Å². The molecular formula is C22H26N2O5. The maximum absolute atomic E-state index is 12.2. The molecule has 2 amide bonds. The average Bonchev–Trinajstić information content (AvgIpc) is 2.69. The molecule has 154 valence electrons. The van der Waals surface area contributed by atoms with Crippen molar-refractivity contribution in [3.05, 3.63) is 58.7 Å². The fourth-order valence-electron chi connectivity index (χ4n) is 2.68. The monoisotopic (exact) mass is 398 g/mol. The molecule has 1 atom stereocenters. The average molecular weight is 398 g/mol. The molecule has 2 aromatic rings. The van der Waals surface area contributed by atoms with Gasteiger partial charge in [0.05, 0.1) is 13.5 Å². The summed E-state index contributed by atoms with van der Waals surface area (Å²) in [6.07, 6.45) is -0.858. The zero-order valence-electron chi connectivity index (χ0n) is 17.3. The molecule has 2 N–H and O–H groups in total. The Morgan fingerprint density at radius 1 is 1.03 bits per heavy atom.